The summed E-state index contributed by atoms with van der Waals surface area (Å²) in [5.74, 6) is -3.22. The Morgan fingerprint density at radius 2 is 1.05 bits per heavy atom. The van der Waals surface area contributed by atoms with Gasteiger partial charge in [0.25, 0.3) is 0 Å². The predicted octanol–water partition coefficient (Wildman–Crippen LogP) is 5.52. The molecule has 0 aromatic carbocycles. The summed E-state index contributed by atoms with van der Waals surface area (Å²) < 4.78 is 0. The SMILES string of the molecule is O=C(O)CCCCCCCCCCCCCCCCCCC(=O)N(CCC(=O)NCCCC[C@H](NP)C(=O)O)CC(=O)O. The molecule has 0 fully saturated rings. The molecule has 0 heterocycles. The van der Waals surface area contributed by atoms with Crippen LogP contribution < -0.4 is 10.4 Å². The first kappa shape index (κ1) is 40.7. The predicted molar refractivity (Wildman–Crippen MR) is 171 cm³/mol. The zero-order valence-corrected chi connectivity index (χ0v) is 27.3. The molecule has 5 N–H and O–H groups in total. The summed E-state index contributed by atoms with van der Waals surface area (Å²) in [4.78, 5) is 58.6. The highest BCUT2D eigenvalue weighted by atomic mass is 31.0. The number of amides is 2. The number of hydrogen-bond donors (Lipinski definition) is 5. The van der Waals surface area contributed by atoms with Gasteiger partial charge in [-0.25, -0.2) is 0 Å². The Morgan fingerprint density at radius 3 is 1.47 bits per heavy atom. The molecule has 2 atom stereocenters. The summed E-state index contributed by atoms with van der Waals surface area (Å²) >= 11 is 0. The zero-order chi connectivity index (χ0) is 32.1. The minimum atomic E-state index is -1.10. The second-order valence-corrected chi connectivity index (χ2v) is 11.7. The zero-order valence-electron chi connectivity index (χ0n) is 26.2. The van der Waals surface area contributed by atoms with Crippen molar-refractivity contribution in [1.29, 1.82) is 0 Å². The summed E-state index contributed by atoms with van der Waals surface area (Å²) in [5, 5.41) is 32.2. The summed E-state index contributed by atoms with van der Waals surface area (Å²) in [5.41, 5.74) is 0. The normalized spacial score (nSPS) is 11.7. The van der Waals surface area contributed by atoms with E-state index in [1.165, 1.54) is 62.7 Å². The molecule has 0 aliphatic heterocycles. The second-order valence-electron chi connectivity index (χ2n) is 11.4. The summed E-state index contributed by atoms with van der Waals surface area (Å²) in [7, 11) is 2.19. The van der Waals surface area contributed by atoms with Gasteiger partial charge in [-0.1, -0.05) is 99.3 Å². The van der Waals surface area contributed by atoms with Gasteiger partial charge in [0, 0.05) is 32.4 Å². The highest BCUT2D eigenvalue weighted by Gasteiger charge is 2.18. The van der Waals surface area contributed by atoms with Crippen molar-refractivity contribution in [1.82, 2.24) is 15.3 Å². The number of hydrogen-bond acceptors (Lipinski definition) is 6. The van der Waals surface area contributed by atoms with Gasteiger partial charge in [-0.05, 0) is 32.1 Å². The Bertz CT molecular complexity index is 784. The standard InChI is InChI=1S/C31H58N3O8P/c35-27(32-23-18-17-19-26(33-43)31(41)42)22-24-34(25-30(39)40)28(36)20-15-13-11-9-7-5-3-1-2-4-6-8-10-12-14-16-21-29(37)38/h26,33H,1-25,43H2,(H,32,35)(H,37,38)(H,39,40)(H,41,42)/t26-/m0/s1. The summed E-state index contributed by atoms with van der Waals surface area (Å²) in [6, 6.07) is -0.644. The van der Waals surface area contributed by atoms with Gasteiger partial charge in [-0.3, -0.25) is 29.1 Å². The van der Waals surface area contributed by atoms with Crippen molar-refractivity contribution in [3.05, 3.63) is 0 Å². The number of aliphatic carboxylic acids is 3. The second kappa shape index (κ2) is 28.5. The summed E-state index contributed by atoms with van der Waals surface area (Å²) in [6.07, 6.45) is 20.3. The quantitative estimate of drug-likeness (QED) is 0.0488. The fraction of sp³-hybridized carbons (Fsp3) is 0.839. The topological polar surface area (TPSA) is 173 Å². The molecule has 0 aliphatic rings. The molecular weight excluding hydrogens is 573 g/mol. The van der Waals surface area contributed by atoms with Crippen molar-refractivity contribution in [3.63, 3.8) is 0 Å². The maximum absolute atomic E-state index is 12.6. The first-order valence-corrected chi connectivity index (χ1v) is 16.9. The van der Waals surface area contributed by atoms with E-state index in [0.717, 1.165) is 38.5 Å². The molecule has 250 valence electrons. The van der Waals surface area contributed by atoms with Gasteiger partial charge in [-0.2, -0.15) is 0 Å². The van der Waals surface area contributed by atoms with Crippen LogP contribution in [-0.4, -0.2) is 75.6 Å². The largest absolute Gasteiger partial charge is 0.481 e. The molecule has 0 bridgehead atoms. The average molecular weight is 632 g/mol. The molecular formula is C31H58N3O8P. The van der Waals surface area contributed by atoms with Crippen LogP contribution in [0.3, 0.4) is 0 Å². The number of unbranched alkanes of at least 4 members (excludes halogenated alkanes) is 16. The smallest absolute Gasteiger partial charge is 0.323 e. The van der Waals surface area contributed by atoms with Crippen molar-refractivity contribution >= 4 is 39.1 Å². The van der Waals surface area contributed by atoms with E-state index in [4.69, 9.17) is 10.2 Å². The number of carboxylic acid groups (broad SMARTS) is 3. The van der Waals surface area contributed by atoms with Crippen molar-refractivity contribution in [2.75, 3.05) is 19.6 Å². The molecule has 1 unspecified atom stereocenters. The Balaban J connectivity index is 3.79. The van der Waals surface area contributed by atoms with Gasteiger partial charge >= 0.3 is 17.9 Å². The van der Waals surface area contributed by atoms with Crippen LogP contribution in [0.25, 0.3) is 0 Å². The number of carbonyl (C=O) groups excluding carboxylic acids is 2. The molecule has 0 aromatic heterocycles. The van der Waals surface area contributed by atoms with E-state index in [0.29, 0.717) is 32.2 Å². The minimum absolute atomic E-state index is 0.0279. The lowest BCUT2D eigenvalue weighted by molar-refractivity contribution is -0.145. The number of nitrogens with one attached hydrogen (secondary N) is 2. The van der Waals surface area contributed by atoms with Gasteiger partial charge < -0.3 is 25.5 Å². The molecule has 2 amide bonds. The average Bonchev–Trinajstić information content (AvgIpc) is 2.95. The van der Waals surface area contributed by atoms with Gasteiger partial charge in [0.05, 0.1) is 0 Å². The van der Waals surface area contributed by atoms with Crippen LogP contribution in [0, 0.1) is 0 Å². The van der Waals surface area contributed by atoms with Crippen LogP contribution >= 0.6 is 9.39 Å². The first-order chi connectivity index (χ1) is 20.7. The lowest BCUT2D eigenvalue weighted by atomic mass is 10.0. The first-order valence-electron chi connectivity index (χ1n) is 16.3. The highest BCUT2D eigenvalue weighted by molar-refractivity contribution is 7.13. The Labute approximate surface area is 260 Å². The molecule has 0 radical (unpaired) electrons. The van der Waals surface area contributed by atoms with Crippen LogP contribution in [-0.2, 0) is 24.0 Å². The van der Waals surface area contributed by atoms with E-state index in [-0.39, 0.29) is 37.6 Å². The van der Waals surface area contributed by atoms with Gasteiger partial charge in [0.2, 0.25) is 11.8 Å². The van der Waals surface area contributed by atoms with Crippen molar-refractivity contribution < 1.29 is 39.3 Å². The lowest BCUT2D eigenvalue weighted by Gasteiger charge is -2.20. The maximum atomic E-state index is 12.6. The lowest BCUT2D eigenvalue weighted by Crippen LogP contribution is -2.38. The third kappa shape index (κ3) is 27.1. The van der Waals surface area contributed by atoms with E-state index in [2.05, 4.69) is 19.8 Å². The van der Waals surface area contributed by atoms with Crippen molar-refractivity contribution in [2.45, 2.75) is 147 Å². The third-order valence-electron chi connectivity index (χ3n) is 7.56. The van der Waals surface area contributed by atoms with Crippen LogP contribution in [0.2, 0.25) is 0 Å². The fourth-order valence-electron chi connectivity index (χ4n) is 4.94. The molecule has 0 aliphatic carbocycles. The third-order valence-corrected chi connectivity index (χ3v) is 7.96. The molecule has 0 saturated carbocycles. The molecule has 43 heavy (non-hydrogen) atoms. The molecule has 0 aromatic rings. The summed E-state index contributed by atoms with van der Waals surface area (Å²) in [6.45, 7) is 0.0395. The van der Waals surface area contributed by atoms with Crippen LogP contribution in [0.5, 0.6) is 0 Å². The van der Waals surface area contributed by atoms with E-state index in [1.807, 2.05) is 0 Å². The fourth-order valence-corrected chi connectivity index (χ4v) is 5.25. The van der Waals surface area contributed by atoms with Crippen LogP contribution in [0.4, 0.5) is 0 Å². The molecule has 12 heteroatoms. The van der Waals surface area contributed by atoms with Crippen LogP contribution in [0.15, 0.2) is 0 Å². The van der Waals surface area contributed by atoms with E-state index in [1.54, 1.807) is 0 Å². The maximum Gasteiger partial charge on any atom is 0.323 e. The Hall–Kier alpha value is -2.26. The van der Waals surface area contributed by atoms with E-state index >= 15 is 0 Å². The minimum Gasteiger partial charge on any atom is -0.481 e. The number of nitrogens with zero attached hydrogens (tertiary/aromatic N) is 1. The highest BCUT2D eigenvalue weighted by Crippen LogP contribution is 2.15. The number of carbonyl (C=O) groups is 5. The Kier molecular flexibility index (Phi) is 27.0. The van der Waals surface area contributed by atoms with Gasteiger partial charge in [0.15, 0.2) is 0 Å². The van der Waals surface area contributed by atoms with Gasteiger partial charge in [-0.15, -0.1) is 0 Å². The molecule has 0 rings (SSSR count). The number of rotatable bonds is 31. The molecule has 0 spiro atoms. The van der Waals surface area contributed by atoms with Gasteiger partial charge in [0.1, 0.15) is 12.6 Å². The van der Waals surface area contributed by atoms with Crippen molar-refractivity contribution in [3.8, 4) is 0 Å². The van der Waals surface area contributed by atoms with E-state index < -0.39 is 30.5 Å². The van der Waals surface area contributed by atoms with Crippen molar-refractivity contribution in [2.24, 2.45) is 0 Å². The monoisotopic (exact) mass is 631 g/mol. The van der Waals surface area contributed by atoms with Crippen LogP contribution in [0.1, 0.15) is 141 Å². The van der Waals surface area contributed by atoms with E-state index in [9.17, 15) is 29.1 Å². The number of carboxylic acids is 3. The Morgan fingerprint density at radius 1 is 0.581 bits per heavy atom. The molecule has 11 nitrogen and oxygen atoms in total. The molecule has 0 saturated heterocycles.